The molecule has 2 heteroatoms. The second kappa shape index (κ2) is 3.03. The molecule has 0 aromatic heterocycles. The zero-order valence-corrected chi connectivity index (χ0v) is 5.99. The SMILES string of the molecule is C#CCC1(F)CCNCC1. The Morgan fingerprint density at radius 3 is 2.60 bits per heavy atom. The van der Waals surface area contributed by atoms with Gasteiger partial charge in [0.05, 0.1) is 0 Å². The molecule has 0 saturated carbocycles. The highest BCUT2D eigenvalue weighted by molar-refractivity contribution is 4.97. The Morgan fingerprint density at radius 2 is 2.10 bits per heavy atom. The Balaban J connectivity index is 2.42. The summed E-state index contributed by atoms with van der Waals surface area (Å²) >= 11 is 0. The number of rotatable bonds is 1. The van der Waals surface area contributed by atoms with E-state index in [1.807, 2.05) is 0 Å². The lowest BCUT2D eigenvalue weighted by atomic mass is 9.91. The molecule has 0 aromatic carbocycles. The fourth-order valence-electron chi connectivity index (χ4n) is 1.23. The van der Waals surface area contributed by atoms with Crippen LogP contribution in [0.3, 0.4) is 0 Å². The quantitative estimate of drug-likeness (QED) is 0.539. The van der Waals surface area contributed by atoms with Gasteiger partial charge in [-0.3, -0.25) is 0 Å². The van der Waals surface area contributed by atoms with Gasteiger partial charge < -0.3 is 5.32 Å². The number of terminal acetylenes is 1. The molecular formula is C8H12FN. The maximum absolute atomic E-state index is 13.4. The van der Waals surface area contributed by atoms with Crippen LogP contribution in [0.15, 0.2) is 0 Å². The van der Waals surface area contributed by atoms with E-state index < -0.39 is 5.67 Å². The van der Waals surface area contributed by atoms with Gasteiger partial charge in [0, 0.05) is 6.42 Å². The van der Waals surface area contributed by atoms with Gasteiger partial charge in [0.25, 0.3) is 0 Å². The molecule has 1 heterocycles. The molecule has 0 radical (unpaired) electrons. The van der Waals surface area contributed by atoms with Crippen molar-refractivity contribution in [1.29, 1.82) is 0 Å². The summed E-state index contributed by atoms with van der Waals surface area (Å²) in [5, 5.41) is 3.09. The van der Waals surface area contributed by atoms with Crippen LogP contribution >= 0.6 is 0 Å². The highest BCUT2D eigenvalue weighted by Gasteiger charge is 2.30. The molecule has 0 bridgehead atoms. The normalized spacial score (nSPS) is 23.6. The molecule has 56 valence electrons. The van der Waals surface area contributed by atoms with E-state index in [0.29, 0.717) is 12.8 Å². The lowest BCUT2D eigenvalue weighted by molar-refractivity contribution is 0.122. The summed E-state index contributed by atoms with van der Waals surface area (Å²) in [5.41, 5.74) is -1.07. The summed E-state index contributed by atoms with van der Waals surface area (Å²) in [6, 6.07) is 0. The first-order valence-corrected chi connectivity index (χ1v) is 3.60. The summed E-state index contributed by atoms with van der Waals surface area (Å²) in [7, 11) is 0. The van der Waals surface area contributed by atoms with Gasteiger partial charge >= 0.3 is 0 Å². The second-order valence-electron chi connectivity index (χ2n) is 2.78. The molecule has 1 saturated heterocycles. The van der Waals surface area contributed by atoms with E-state index in [4.69, 9.17) is 6.42 Å². The molecule has 0 unspecified atom stereocenters. The van der Waals surface area contributed by atoms with Gasteiger partial charge in [-0.2, -0.15) is 0 Å². The largest absolute Gasteiger partial charge is 0.316 e. The number of halogens is 1. The van der Waals surface area contributed by atoms with E-state index in [2.05, 4.69) is 11.2 Å². The van der Waals surface area contributed by atoms with Crippen LogP contribution < -0.4 is 5.32 Å². The number of piperidine rings is 1. The second-order valence-corrected chi connectivity index (χ2v) is 2.78. The average molecular weight is 141 g/mol. The van der Waals surface area contributed by atoms with Crippen molar-refractivity contribution in [2.24, 2.45) is 0 Å². The third-order valence-corrected chi connectivity index (χ3v) is 1.92. The Bertz CT molecular complexity index is 142. The van der Waals surface area contributed by atoms with E-state index in [-0.39, 0.29) is 6.42 Å². The van der Waals surface area contributed by atoms with Crippen molar-refractivity contribution in [3.8, 4) is 12.3 Å². The maximum Gasteiger partial charge on any atom is 0.124 e. The van der Waals surface area contributed by atoms with Crippen LogP contribution in [0.2, 0.25) is 0 Å². The van der Waals surface area contributed by atoms with Crippen molar-refractivity contribution in [1.82, 2.24) is 5.32 Å². The molecule has 0 aliphatic carbocycles. The molecule has 1 aliphatic heterocycles. The van der Waals surface area contributed by atoms with E-state index in [1.54, 1.807) is 0 Å². The van der Waals surface area contributed by atoms with Gasteiger partial charge in [0.2, 0.25) is 0 Å². The van der Waals surface area contributed by atoms with Crippen LogP contribution in [-0.4, -0.2) is 18.8 Å². The number of hydrogen-bond acceptors (Lipinski definition) is 1. The van der Waals surface area contributed by atoms with Gasteiger partial charge in [0.15, 0.2) is 0 Å². The molecule has 1 N–H and O–H groups in total. The molecule has 0 amide bonds. The molecule has 0 spiro atoms. The first-order chi connectivity index (χ1) is 4.77. The minimum absolute atomic E-state index is 0.272. The monoisotopic (exact) mass is 141 g/mol. The minimum atomic E-state index is -1.07. The van der Waals surface area contributed by atoms with E-state index in [9.17, 15) is 4.39 Å². The van der Waals surface area contributed by atoms with Gasteiger partial charge in [-0.05, 0) is 25.9 Å². The lowest BCUT2D eigenvalue weighted by Gasteiger charge is -2.27. The summed E-state index contributed by atoms with van der Waals surface area (Å²) in [5.74, 6) is 2.38. The zero-order chi connectivity index (χ0) is 7.45. The standard InChI is InChI=1S/C8H12FN/c1-2-3-8(9)4-6-10-7-5-8/h1,10H,3-7H2. The van der Waals surface area contributed by atoms with Gasteiger partial charge in [0.1, 0.15) is 5.67 Å². The molecule has 0 atom stereocenters. The predicted octanol–water partition coefficient (Wildman–Crippen LogP) is 1.10. The van der Waals surface area contributed by atoms with Crippen molar-refractivity contribution in [3.05, 3.63) is 0 Å². The van der Waals surface area contributed by atoms with Crippen molar-refractivity contribution in [3.63, 3.8) is 0 Å². The number of alkyl halides is 1. The van der Waals surface area contributed by atoms with Crippen LogP contribution in [0.1, 0.15) is 19.3 Å². The Kier molecular flexibility index (Phi) is 2.29. The van der Waals surface area contributed by atoms with E-state index in [1.165, 1.54) is 0 Å². The third kappa shape index (κ3) is 1.71. The fourth-order valence-corrected chi connectivity index (χ4v) is 1.23. The maximum atomic E-state index is 13.4. The Morgan fingerprint density at radius 1 is 1.50 bits per heavy atom. The lowest BCUT2D eigenvalue weighted by Crippen LogP contribution is -2.38. The molecule has 1 rings (SSSR count). The summed E-state index contributed by atoms with van der Waals surface area (Å²) in [6.45, 7) is 1.52. The van der Waals surface area contributed by atoms with Gasteiger partial charge in [-0.15, -0.1) is 12.3 Å². The third-order valence-electron chi connectivity index (χ3n) is 1.92. The van der Waals surface area contributed by atoms with Crippen LogP contribution in [0.25, 0.3) is 0 Å². The minimum Gasteiger partial charge on any atom is -0.316 e. The zero-order valence-electron chi connectivity index (χ0n) is 5.99. The highest BCUT2D eigenvalue weighted by Crippen LogP contribution is 2.25. The Hall–Kier alpha value is -0.550. The summed E-state index contributed by atoms with van der Waals surface area (Å²) in [6.07, 6.45) is 6.44. The highest BCUT2D eigenvalue weighted by atomic mass is 19.1. The molecule has 1 aliphatic rings. The van der Waals surface area contributed by atoms with Gasteiger partial charge in [-0.1, -0.05) is 0 Å². The number of nitrogens with one attached hydrogen (secondary N) is 1. The molecule has 10 heavy (non-hydrogen) atoms. The predicted molar refractivity (Wildman–Crippen MR) is 39.4 cm³/mol. The van der Waals surface area contributed by atoms with Crippen LogP contribution in [0, 0.1) is 12.3 Å². The average Bonchev–Trinajstić information content (AvgIpc) is 1.89. The van der Waals surface area contributed by atoms with Crippen LogP contribution in [0.5, 0.6) is 0 Å². The van der Waals surface area contributed by atoms with Crippen LogP contribution in [-0.2, 0) is 0 Å². The number of hydrogen-bond donors (Lipinski definition) is 1. The smallest absolute Gasteiger partial charge is 0.124 e. The molecule has 0 aromatic rings. The topological polar surface area (TPSA) is 12.0 Å². The first kappa shape index (κ1) is 7.56. The van der Waals surface area contributed by atoms with E-state index >= 15 is 0 Å². The van der Waals surface area contributed by atoms with Gasteiger partial charge in [-0.25, -0.2) is 4.39 Å². The summed E-state index contributed by atoms with van der Waals surface area (Å²) < 4.78 is 13.4. The van der Waals surface area contributed by atoms with Crippen molar-refractivity contribution < 1.29 is 4.39 Å². The molecular weight excluding hydrogens is 129 g/mol. The molecule has 1 fully saturated rings. The first-order valence-electron chi connectivity index (χ1n) is 3.60. The van der Waals surface area contributed by atoms with Crippen molar-refractivity contribution in [2.75, 3.05) is 13.1 Å². The van der Waals surface area contributed by atoms with Crippen LogP contribution in [0.4, 0.5) is 4.39 Å². The fraction of sp³-hybridized carbons (Fsp3) is 0.750. The summed E-state index contributed by atoms with van der Waals surface area (Å²) in [4.78, 5) is 0. The molecule has 1 nitrogen and oxygen atoms in total. The van der Waals surface area contributed by atoms with E-state index in [0.717, 1.165) is 13.1 Å². The van der Waals surface area contributed by atoms with Crippen molar-refractivity contribution >= 4 is 0 Å². The Labute approximate surface area is 61.0 Å². The van der Waals surface area contributed by atoms with Crippen molar-refractivity contribution in [2.45, 2.75) is 24.9 Å².